The zero-order valence-corrected chi connectivity index (χ0v) is 14.2. The second-order valence-electron chi connectivity index (χ2n) is 6.44. The van der Waals surface area contributed by atoms with Gasteiger partial charge in [0.2, 0.25) is 0 Å². The van der Waals surface area contributed by atoms with E-state index in [4.69, 9.17) is 0 Å². The molecule has 0 aromatic heterocycles. The van der Waals surface area contributed by atoms with Crippen molar-refractivity contribution in [1.82, 2.24) is 0 Å². The van der Waals surface area contributed by atoms with E-state index in [-0.39, 0.29) is 5.92 Å². The lowest BCUT2D eigenvalue weighted by molar-refractivity contribution is 0.470. The summed E-state index contributed by atoms with van der Waals surface area (Å²) in [6.07, 6.45) is 0. The molecule has 122 valence electrons. The third-order valence-corrected chi connectivity index (χ3v) is 4.52. The summed E-state index contributed by atoms with van der Waals surface area (Å²) in [6, 6.07) is 20.0. The molecule has 3 aromatic rings. The van der Waals surface area contributed by atoms with Gasteiger partial charge >= 0.3 is 0 Å². The molecule has 0 radical (unpaired) electrons. The average molecular weight is 318 g/mol. The smallest absolute Gasteiger partial charge is 0.118 e. The Kier molecular flexibility index (Phi) is 4.30. The first-order valence-electron chi connectivity index (χ1n) is 8.11. The van der Waals surface area contributed by atoms with Gasteiger partial charge in [-0.15, -0.1) is 0 Å². The number of aryl methyl sites for hydroxylation is 3. The highest BCUT2D eigenvalue weighted by atomic mass is 16.3. The summed E-state index contributed by atoms with van der Waals surface area (Å²) in [5.74, 6) is 0.677. The lowest BCUT2D eigenvalue weighted by atomic mass is 9.83. The molecule has 0 saturated heterocycles. The van der Waals surface area contributed by atoms with Crippen LogP contribution >= 0.6 is 0 Å². The first-order chi connectivity index (χ1) is 11.5. The van der Waals surface area contributed by atoms with Crippen LogP contribution in [-0.4, -0.2) is 10.2 Å². The molecule has 0 bridgehead atoms. The number of aromatic hydroxyl groups is 2. The Morgan fingerprint density at radius 2 is 1.00 bits per heavy atom. The summed E-state index contributed by atoms with van der Waals surface area (Å²) in [5, 5.41) is 19.7. The summed E-state index contributed by atoms with van der Waals surface area (Å²) in [4.78, 5) is 0. The minimum absolute atomic E-state index is 0.0594. The van der Waals surface area contributed by atoms with Crippen molar-refractivity contribution in [2.75, 3.05) is 0 Å². The Bertz CT molecular complexity index is 812. The maximum absolute atomic E-state index is 9.85. The van der Waals surface area contributed by atoms with Crippen LogP contribution in [0.3, 0.4) is 0 Å². The first kappa shape index (κ1) is 16.1. The Balaban J connectivity index is 2.17. The van der Waals surface area contributed by atoms with Gasteiger partial charge in [-0.1, -0.05) is 54.1 Å². The molecule has 0 aliphatic heterocycles. The molecular formula is C22H22O2. The van der Waals surface area contributed by atoms with Crippen molar-refractivity contribution in [2.45, 2.75) is 26.7 Å². The van der Waals surface area contributed by atoms with E-state index in [0.29, 0.717) is 11.5 Å². The summed E-state index contributed by atoms with van der Waals surface area (Å²) in [7, 11) is 0. The van der Waals surface area contributed by atoms with Gasteiger partial charge in [-0.2, -0.15) is 0 Å². The Morgan fingerprint density at radius 1 is 0.583 bits per heavy atom. The van der Waals surface area contributed by atoms with Gasteiger partial charge in [-0.3, -0.25) is 0 Å². The van der Waals surface area contributed by atoms with E-state index < -0.39 is 0 Å². The molecule has 0 fully saturated rings. The van der Waals surface area contributed by atoms with Crippen LogP contribution in [0, 0.1) is 20.8 Å². The molecule has 3 rings (SSSR count). The van der Waals surface area contributed by atoms with E-state index >= 15 is 0 Å². The van der Waals surface area contributed by atoms with Crippen molar-refractivity contribution in [1.29, 1.82) is 0 Å². The standard InChI is InChI=1S/C22H22O2/c1-14-4-6-17(7-5-14)22(18-8-10-20(23)15(2)12-18)19-9-11-21(24)16(3)13-19/h4-13,22-24H,1-3H3. The topological polar surface area (TPSA) is 40.5 Å². The van der Waals surface area contributed by atoms with E-state index in [0.717, 1.165) is 22.3 Å². The number of benzene rings is 3. The molecule has 0 saturated carbocycles. The fraction of sp³-hybridized carbons (Fsp3) is 0.182. The van der Waals surface area contributed by atoms with Crippen molar-refractivity contribution in [2.24, 2.45) is 0 Å². The SMILES string of the molecule is Cc1ccc(C(c2ccc(O)c(C)c2)c2ccc(O)c(C)c2)cc1. The normalized spacial score (nSPS) is 11.0. The average Bonchev–Trinajstić information content (AvgIpc) is 2.56. The van der Waals surface area contributed by atoms with E-state index in [9.17, 15) is 10.2 Å². The Morgan fingerprint density at radius 3 is 1.42 bits per heavy atom. The monoisotopic (exact) mass is 318 g/mol. The van der Waals surface area contributed by atoms with Gasteiger partial charge in [0, 0.05) is 5.92 Å². The Hall–Kier alpha value is -2.74. The molecule has 2 nitrogen and oxygen atoms in total. The van der Waals surface area contributed by atoms with Crippen molar-refractivity contribution in [3.8, 4) is 11.5 Å². The third kappa shape index (κ3) is 3.13. The van der Waals surface area contributed by atoms with Crippen molar-refractivity contribution >= 4 is 0 Å². The highest BCUT2D eigenvalue weighted by Gasteiger charge is 2.18. The summed E-state index contributed by atoms with van der Waals surface area (Å²) in [5.41, 5.74) is 6.38. The van der Waals surface area contributed by atoms with E-state index in [1.807, 2.05) is 38.1 Å². The van der Waals surface area contributed by atoms with Gasteiger partial charge in [0.1, 0.15) is 11.5 Å². The van der Waals surface area contributed by atoms with Crippen LogP contribution in [0.2, 0.25) is 0 Å². The predicted molar refractivity (Wildman–Crippen MR) is 97.8 cm³/mol. The van der Waals surface area contributed by atoms with Crippen LogP contribution in [0.1, 0.15) is 39.3 Å². The summed E-state index contributed by atoms with van der Waals surface area (Å²) >= 11 is 0. The van der Waals surface area contributed by atoms with Gasteiger partial charge in [-0.05, 0) is 60.7 Å². The first-order valence-corrected chi connectivity index (χ1v) is 8.11. The maximum atomic E-state index is 9.85. The van der Waals surface area contributed by atoms with Gasteiger partial charge in [0.05, 0.1) is 0 Å². The van der Waals surface area contributed by atoms with Crippen LogP contribution in [-0.2, 0) is 0 Å². The lowest BCUT2D eigenvalue weighted by Gasteiger charge is -2.20. The second kappa shape index (κ2) is 6.40. The molecular weight excluding hydrogens is 296 g/mol. The number of hydrogen-bond donors (Lipinski definition) is 2. The van der Waals surface area contributed by atoms with E-state index in [1.165, 1.54) is 11.1 Å². The predicted octanol–water partition coefficient (Wildman–Crippen LogP) is 5.20. The minimum Gasteiger partial charge on any atom is -0.508 e. The summed E-state index contributed by atoms with van der Waals surface area (Å²) in [6.45, 7) is 5.90. The van der Waals surface area contributed by atoms with Crippen LogP contribution in [0.15, 0.2) is 60.7 Å². The lowest BCUT2D eigenvalue weighted by Crippen LogP contribution is -2.04. The molecule has 0 spiro atoms. The van der Waals surface area contributed by atoms with Gasteiger partial charge < -0.3 is 10.2 Å². The second-order valence-corrected chi connectivity index (χ2v) is 6.44. The fourth-order valence-electron chi connectivity index (χ4n) is 3.05. The highest BCUT2D eigenvalue weighted by Crippen LogP contribution is 2.35. The fourth-order valence-corrected chi connectivity index (χ4v) is 3.05. The number of phenolic OH excluding ortho intramolecular Hbond substituents is 2. The van der Waals surface area contributed by atoms with Gasteiger partial charge in [0.15, 0.2) is 0 Å². The molecule has 0 unspecified atom stereocenters. The minimum atomic E-state index is 0.0594. The van der Waals surface area contributed by atoms with Gasteiger partial charge in [-0.25, -0.2) is 0 Å². The zero-order valence-electron chi connectivity index (χ0n) is 14.2. The molecule has 2 heteroatoms. The van der Waals surface area contributed by atoms with Crippen molar-refractivity contribution < 1.29 is 10.2 Å². The quantitative estimate of drug-likeness (QED) is 0.651. The molecule has 0 atom stereocenters. The van der Waals surface area contributed by atoms with Gasteiger partial charge in [0.25, 0.3) is 0 Å². The van der Waals surface area contributed by atoms with Crippen LogP contribution in [0.5, 0.6) is 11.5 Å². The molecule has 0 aliphatic carbocycles. The number of hydrogen-bond acceptors (Lipinski definition) is 2. The molecule has 0 amide bonds. The largest absolute Gasteiger partial charge is 0.508 e. The van der Waals surface area contributed by atoms with Crippen molar-refractivity contribution in [3.05, 3.63) is 94.0 Å². The molecule has 0 heterocycles. The number of phenols is 2. The summed E-state index contributed by atoms with van der Waals surface area (Å²) < 4.78 is 0. The van der Waals surface area contributed by atoms with Crippen molar-refractivity contribution in [3.63, 3.8) is 0 Å². The third-order valence-electron chi connectivity index (χ3n) is 4.52. The maximum Gasteiger partial charge on any atom is 0.118 e. The Labute approximate surface area is 143 Å². The van der Waals surface area contributed by atoms with Crippen LogP contribution in [0.4, 0.5) is 0 Å². The zero-order chi connectivity index (χ0) is 17.3. The van der Waals surface area contributed by atoms with E-state index in [2.05, 4.69) is 31.2 Å². The highest BCUT2D eigenvalue weighted by molar-refractivity contribution is 5.49. The molecule has 24 heavy (non-hydrogen) atoms. The molecule has 0 aliphatic rings. The van der Waals surface area contributed by atoms with E-state index in [1.54, 1.807) is 12.1 Å². The molecule has 2 N–H and O–H groups in total. The van der Waals surface area contributed by atoms with Crippen LogP contribution < -0.4 is 0 Å². The van der Waals surface area contributed by atoms with Crippen LogP contribution in [0.25, 0.3) is 0 Å². The number of rotatable bonds is 3. The molecule has 3 aromatic carbocycles.